The molecule has 1 rings (SSSR count). The van der Waals surface area contributed by atoms with Crippen molar-refractivity contribution in [2.24, 2.45) is 0 Å². The van der Waals surface area contributed by atoms with Crippen LogP contribution in [0.25, 0.3) is 0 Å². The molecule has 1 aromatic carbocycles. The zero-order valence-electron chi connectivity index (χ0n) is 6.34. The van der Waals surface area contributed by atoms with Crippen molar-refractivity contribution in [2.75, 3.05) is 0 Å². The van der Waals surface area contributed by atoms with E-state index < -0.39 is 10.8 Å². The fourth-order valence-corrected chi connectivity index (χ4v) is 0.944. The Bertz CT molecular complexity index is 312. The number of hydrogen-bond donors (Lipinski definition) is 0. The van der Waals surface area contributed by atoms with Crippen LogP contribution in [0.15, 0.2) is 24.3 Å². The summed E-state index contributed by atoms with van der Waals surface area (Å²) in [7, 11) is 0. The number of esters is 1. The Morgan fingerprint density at radius 3 is 2.46 bits per heavy atom. The molecule has 0 atom stereocenters. The van der Waals surface area contributed by atoms with Gasteiger partial charge in [0.15, 0.2) is 0 Å². The molecule has 0 aromatic heterocycles. The molecule has 0 radical (unpaired) electrons. The van der Waals surface area contributed by atoms with E-state index in [-0.39, 0.29) is 5.75 Å². The van der Waals surface area contributed by atoms with Gasteiger partial charge in [0, 0.05) is 0 Å². The molecule has 0 spiro atoms. The van der Waals surface area contributed by atoms with Crippen LogP contribution in [0.5, 0.6) is 5.75 Å². The van der Waals surface area contributed by atoms with Gasteiger partial charge >= 0.3 is 5.97 Å². The van der Waals surface area contributed by atoms with Crippen LogP contribution in [0, 0.1) is 0 Å². The maximum Gasteiger partial charge on any atom is 0.344 e. The van der Waals surface area contributed by atoms with Crippen LogP contribution in [-0.2, 0) is 4.79 Å². The minimum absolute atomic E-state index is 0.250. The summed E-state index contributed by atoms with van der Waals surface area (Å²) in [5, 5.41) is 0.338. The summed E-state index contributed by atoms with van der Waals surface area (Å²) in [5.74, 6) is -0.489. The first kappa shape index (κ1) is 10.6. The van der Waals surface area contributed by atoms with Crippen molar-refractivity contribution in [3.05, 3.63) is 29.3 Å². The highest BCUT2D eigenvalue weighted by Crippen LogP contribution is 2.24. The van der Waals surface area contributed by atoms with E-state index in [4.69, 9.17) is 39.5 Å². The van der Waals surface area contributed by atoms with Gasteiger partial charge in [0.25, 0.3) is 0 Å². The zero-order chi connectivity index (χ0) is 9.84. The lowest BCUT2D eigenvalue weighted by molar-refractivity contribution is -0.132. The van der Waals surface area contributed by atoms with Gasteiger partial charge in [-0.05, 0) is 12.1 Å². The molecule has 0 saturated carbocycles. The molecular weight excluding hydrogens is 234 g/mol. The van der Waals surface area contributed by atoms with E-state index in [9.17, 15) is 4.79 Å². The van der Waals surface area contributed by atoms with E-state index in [0.717, 1.165) is 0 Å². The summed E-state index contributed by atoms with van der Waals surface area (Å²) in [6.07, 6.45) is 0. The average molecular weight is 239 g/mol. The summed E-state index contributed by atoms with van der Waals surface area (Å²) in [5.41, 5.74) is 0. The van der Waals surface area contributed by atoms with Gasteiger partial charge in [-0.1, -0.05) is 46.9 Å². The van der Waals surface area contributed by atoms with Gasteiger partial charge in [-0.15, -0.1) is 0 Å². The Morgan fingerprint density at radius 1 is 1.31 bits per heavy atom. The standard InChI is InChI=1S/C8H5Cl3O2/c9-5-3-1-2-4-6(5)13-8(12)7(10)11/h1-4,7H. The van der Waals surface area contributed by atoms with E-state index >= 15 is 0 Å². The lowest BCUT2D eigenvalue weighted by Gasteiger charge is -2.05. The van der Waals surface area contributed by atoms with Crippen molar-refractivity contribution in [1.29, 1.82) is 0 Å². The third-order valence-corrected chi connectivity index (χ3v) is 1.89. The molecule has 0 saturated heterocycles. The number of carbonyl (C=O) groups is 1. The first-order valence-electron chi connectivity index (χ1n) is 3.35. The molecule has 0 aliphatic carbocycles. The molecular formula is C8H5Cl3O2. The highest BCUT2D eigenvalue weighted by atomic mass is 35.5. The normalized spacial score (nSPS) is 10.2. The molecule has 1 aromatic rings. The molecule has 0 aliphatic heterocycles. The predicted octanol–water partition coefficient (Wildman–Crippen LogP) is 3.05. The fraction of sp³-hybridized carbons (Fsp3) is 0.125. The predicted molar refractivity (Wildman–Crippen MR) is 52.6 cm³/mol. The summed E-state index contributed by atoms with van der Waals surface area (Å²) in [6, 6.07) is 6.56. The number of ether oxygens (including phenoxy) is 1. The van der Waals surface area contributed by atoms with Crippen molar-refractivity contribution in [2.45, 2.75) is 4.84 Å². The quantitative estimate of drug-likeness (QED) is 0.450. The van der Waals surface area contributed by atoms with Gasteiger partial charge in [-0.2, -0.15) is 0 Å². The monoisotopic (exact) mass is 238 g/mol. The maximum atomic E-state index is 10.9. The van der Waals surface area contributed by atoms with Crippen LogP contribution in [0.1, 0.15) is 0 Å². The van der Waals surface area contributed by atoms with Crippen LogP contribution >= 0.6 is 34.8 Å². The Kier molecular flexibility index (Phi) is 3.85. The van der Waals surface area contributed by atoms with E-state index in [2.05, 4.69) is 0 Å². The number of para-hydroxylation sites is 1. The topological polar surface area (TPSA) is 26.3 Å². The zero-order valence-corrected chi connectivity index (χ0v) is 8.60. The SMILES string of the molecule is O=C(Oc1ccccc1Cl)C(Cl)Cl. The third-order valence-electron chi connectivity index (χ3n) is 1.23. The molecule has 0 unspecified atom stereocenters. The maximum absolute atomic E-state index is 10.9. The number of halogens is 3. The van der Waals surface area contributed by atoms with E-state index in [1.807, 2.05) is 0 Å². The largest absolute Gasteiger partial charge is 0.423 e. The minimum Gasteiger partial charge on any atom is -0.423 e. The van der Waals surface area contributed by atoms with Crippen LogP contribution in [0.4, 0.5) is 0 Å². The molecule has 2 nitrogen and oxygen atoms in total. The Balaban J connectivity index is 2.75. The van der Waals surface area contributed by atoms with Crippen LogP contribution < -0.4 is 4.74 Å². The van der Waals surface area contributed by atoms with Crippen molar-refractivity contribution >= 4 is 40.8 Å². The van der Waals surface area contributed by atoms with E-state index in [1.165, 1.54) is 0 Å². The number of rotatable bonds is 2. The van der Waals surface area contributed by atoms with Gasteiger partial charge in [-0.25, -0.2) is 4.79 Å². The van der Waals surface area contributed by atoms with Crippen molar-refractivity contribution in [1.82, 2.24) is 0 Å². The Labute approximate surface area is 90.3 Å². The first-order chi connectivity index (χ1) is 6.11. The number of benzene rings is 1. The molecule has 0 heterocycles. The number of carbonyl (C=O) groups excluding carboxylic acids is 1. The first-order valence-corrected chi connectivity index (χ1v) is 4.60. The van der Waals surface area contributed by atoms with E-state index in [1.54, 1.807) is 24.3 Å². The Hall–Kier alpha value is -0.440. The second-order valence-corrected chi connectivity index (χ2v) is 3.66. The number of hydrogen-bond acceptors (Lipinski definition) is 2. The smallest absolute Gasteiger partial charge is 0.344 e. The lowest BCUT2D eigenvalue weighted by Crippen LogP contribution is -2.15. The van der Waals surface area contributed by atoms with Gasteiger partial charge in [-0.3, -0.25) is 0 Å². The highest BCUT2D eigenvalue weighted by Gasteiger charge is 2.15. The molecule has 13 heavy (non-hydrogen) atoms. The van der Waals surface area contributed by atoms with Crippen molar-refractivity contribution in [3.63, 3.8) is 0 Å². The van der Waals surface area contributed by atoms with Crippen LogP contribution in [0.3, 0.4) is 0 Å². The molecule has 0 fully saturated rings. The molecule has 0 N–H and O–H groups in total. The van der Waals surface area contributed by atoms with Crippen molar-refractivity contribution < 1.29 is 9.53 Å². The molecule has 0 amide bonds. The van der Waals surface area contributed by atoms with Gasteiger partial charge in [0.05, 0.1) is 5.02 Å². The Morgan fingerprint density at radius 2 is 1.92 bits per heavy atom. The second-order valence-electron chi connectivity index (χ2n) is 2.15. The van der Waals surface area contributed by atoms with Gasteiger partial charge in [0.2, 0.25) is 4.84 Å². The molecule has 0 aliphatic rings. The average Bonchev–Trinajstić information content (AvgIpc) is 2.08. The number of alkyl halides is 2. The van der Waals surface area contributed by atoms with Crippen LogP contribution in [-0.4, -0.2) is 10.8 Å². The lowest BCUT2D eigenvalue weighted by atomic mass is 10.3. The summed E-state index contributed by atoms with van der Waals surface area (Å²) in [6.45, 7) is 0. The summed E-state index contributed by atoms with van der Waals surface area (Å²) in [4.78, 5) is 9.72. The summed E-state index contributed by atoms with van der Waals surface area (Å²) >= 11 is 16.3. The van der Waals surface area contributed by atoms with E-state index in [0.29, 0.717) is 5.02 Å². The third kappa shape index (κ3) is 3.07. The van der Waals surface area contributed by atoms with Gasteiger partial charge < -0.3 is 4.74 Å². The molecule has 5 heteroatoms. The van der Waals surface area contributed by atoms with Gasteiger partial charge in [0.1, 0.15) is 5.75 Å². The molecule has 70 valence electrons. The summed E-state index contributed by atoms with van der Waals surface area (Å²) < 4.78 is 4.77. The highest BCUT2D eigenvalue weighted by molar-refractivity contribution is 6.53. The van der Waals surface area contributed by atoms with Crippen LogP contribution in [0.2, 0.25) is 5.02 Å². The van der Waals surface area contributed by atoms with Crippen molar-refractivity contribution in [3.8, 4) is 5.75 Å². The minimum atomic E-state index is -1.20. The second kappa shape index (κ2) is 4.70. The molecule has 0 bridgehead atoms. The fourth-order valence-electron chi connectivity index (χ4n) is 0.680.